The summed E-state index contributed by atoms with van der Waals surface area (Å²) in [7, 11) is 0. The van der Waals surface area contributed by atoms with Crippen LogP contribution in [0.3, 0.4) is 0 Å². The number of carbonyl (C=O) groups excluding carboxylic acids is 1. The molecule has 0 unspecified atom stereocenters. The molecular formula is C17H20F3N3O2S. The third kappa shape index (κ3) is 4.64. The van der Waals surface area contributed by atoms with Crippen molar-refractivity contribution < 1.29 is 22.7 Å². The summed E-state index contributed by atoms with van der Waals surface area (Å²) in [6.07, 6.45) is -2.67. The van der Waals surface area contributed by atoms with Crippen molar-refractivity contribution in [3.8, 4) is 0 Å². The molecule has 3 rings (SSSR count). The van der Waals surface area contributed by atoms with Crippen LogP contribution in [0.15, 0.2) is 24.3 Å². The maximum absolute atomic E-state index is 12.5. The standard InChI is InChI=1S/C17H20F3N3O2S/c1-11(9-25-10-17(18,19)20)21-16(24)23-8-4-6-13(23)15-22-12-5-2-3-7-14(12)26-15/h2-3,5,7,11,13H,4,6,8-10H2,1H3,(H,21,24)/t11-,13+/m0/s1. The van der Waals surface area contributed by atoms with E-state index in [0.29, 0.717) is 6.54 Å². The number of halogens is 3. The normalized spacial score (nSPS) is 19.1. The number of alkyl halides is 3. The number of ether oxygens (including phenoxy) is 1. The molecule has 2 aromatic rings. The molecule has 1 N–H and O–H groups in total. The van der Waals surface area contributed by atoms with Gasteiger partial charge in [-0.2, -0.15) is 13.2 Å². The van der Waals surface area contributed by atoms with Crippen molar-refractivity contribution >= 4 is 27.6 Å². The van der Waals surface area contributed by atoms with Gasteiger partial charge in [0.1, 0.15) is 11.6 Å². The number of likely N-dealkylation sites (tertiary alicyclic amines) is 1. The molecule has 1 aromatic carbocycles. The average Bonchev–Trinajstić information content (AvgIpc) is 3.19. The fourth-order valence-corrected chi connectivity index (χ4v) is 4.10. The van der Waals surface area contributed by atoms with Crippen LogP contribution in [-0.2, 0) is 4.74 Å². The van der Waals surface area contributed by atoms with E-state index in [1.807, 2.05) is 24.3 Å². The molecule has 9 heteroatoms. The van der Waals surface area contributed by atoms with Crippen LogP contribution >= 0.6 is 11.3 Å². The van der Waals surface area contributed by atoms with E-state index in [2.05, 4.69) is 15.0 Å². The lowest BCUT2D eigenvalue weighted by atomic mass is 10.2. The quantitative estimate of drug-likeness (QED) is 0.840. The fraction of sp³-hybridized carbons (Fsp3) is 0.529. The summed E-state index contributed by atoms with van der Waals surface area (Å²) in [4.78, 5) is 18.9. The summed E-state index contributed by atoms with van der Waals surface area (Å²) in [5, 5.41) is 3.60. The Bertz CT molecular complexity index is 732. The first kappa shape index (κ1) is 18.9. The van der Waals surface area contributed by atoms with E-state index in [1.165, 1.54) is 0 Å². The van der Waals surface area contributed by atoms with Crippen LogP contribution in [0, 0.1) is 0 Å². The molecule has 142 valence electrons. The Morgan fingerprint density at radius 2 is 2.23 bits per heavy atom. The van der Waals surface area contributed by atoms with Gasteiger partial charge in [0.15, 0.2) is 0 Å². The van der Waals surface area contributed by atoms with Crippen LogP contribution in [0.1, 0.15) is 30.8 Å². The molecular weight excluding hydrogens is 367 g/mol. The number of urea groups is 1. The molecule has 1 aromatic heterocycles. The third-order valence-corrected chi connectivity index (χ3v) is 5.25. The smallest absolute Gasteiger partial charge is 0.370 e. The molecule has 1 saturated heterocycles. The van der Waals surface area contributed by atoms with Gasteiger partial charge in [-0.3, -0.25) is 0 Å². The summed E-state index contributed by atoms with van der Waals surface area (Å²) in [5.74, 6) is 0. The Morgan fingerprint density at radius 3 is 2.96 bits per heavy atom. The average molecular weight is 387 g/mol. The number of nitrogens with zero attached hydrogens (tertiary/aromatic N) is 2. The van der Waals surface area contributed by atoms with Crippen molar-refractivity contribution in [2.24, 2.45) is 0 Å². The molecule has 1 aliphatic heterocycles. The topological polar surface area (TPSA) is 54.5 Å². The van der Waals surface area contributed by atoms with Crippen molar-refractivity contribution in [2.45, 2.75) is 38.0 Å². The van der Waals surface area contributed by atoms with E-state index in [0.717, 1.165) is 28.1 Å². The number of para-hydroxylation sites is 1. The zero-order chi connectivity index (χ0) is 18.7. The van der Waals surface area contributed by atoms with Gasteiger partial charge in [0.05, 0.1) is 28.9 Å². The number of benzene rings is 1. The first-order valence-corrected chi connectivity index (χ1v) is 9.22. The maximum atomic E-state index is 12.5. The van der Waals surface area contributed by atoms with E-state index >= 15 is 0 Å². The van der Waals surface area contributed by atoms with E-state index in [4.69, 9.17) is 0 Å². The highest BCUT2D eigenvalue weighted by atomic mass is 32.1. The van der Waals surface area contributed by atoms with Crippen LogP contribution in [0.5, 0.6) is 0 Å². The zero-order valence-corrected chi connectivity index (χ0v) is 15.1. The monoisotopic (exact) mass is 387 g/mol. The molecule has 5 nitrogen and oxygen atoms in total. The molecule has 2 amide bonds. The SMILES string of the molecule is C[C@@H](COCC(F)(F)F)NC(=O)N1CCC[C@@H]1c1nc2ccccc2s1. The third-order valence-electron chi connectivity index (χ3n) is 4.11. The Morgan fingerprint density at radius 1 is 1.46 bits per heavy atom. The molecule has 26 heavy (non-hydrogen) atoms. The van der Waals surface area contributed by atoms with E-state index in [9.17, 15) is 18.0 Å². The van der Waals surface area contributed by atoms with Crippen LogP contribution in [0.25, 0.3) is 10.2 Å². The molecule has 0 aliphatic carbocycles. The Hall–Kier alpha value is -1.87. The summed E-state index contributed by atoms with van der Waals surface area (Å²) < 4.78 is 42.0. The van der Waals surface area contributed by atoms with Gasteiger partial charge in [-0.05, 0) is 31.9 Å². The highest BCUT2D eigenvalue weighted by molar-refractivity contribution is 7.18. The minimum atomic E-state index is -4.36. The lowest BCUT2D eigenvalue weighted by molar-refractivity contribution is -0.174. The minimum Gasteiger partial charge on any atom is -0.370 e. The second-order valence-electron chi connectivity index (χ2n) is 6.35. The van der Waals surface area contributed by atoms with Gasteiger partial charge < -0.3 is 15.0 Å². The predicted molar refractivity (Wildman–Crippen MR) is 93.2 cm³/mol. The van der Waals surface area contributed by atoms with E-state index in [1.54, 1.807) is 23.2 Å². The Kier molecular flexibility index (Phi) is 5.67. The molecule has 0 radical (unpaired) electrons. The Balaban J connectivity index is 1.59. The number of carbonyl (C=O) groups is 1. The molecule has 2 heterocycles. The highest BCUT2D eigenvalue weighted by Crippen LogP contribution is 2.36. The summed E-state index contributed by atoms with van der Waals surface area (Å²) in [6.45, 7) is 0.718. The zero-order valence-electron chi connectivity index (χ0n) is 14.3. The van der Waals surface area contributed by atoms with Gasteiger partial charge in [-0.25, -0.2) is 9.78 Å². The fourth-order valence-electron chi connectivity index (χ4n) is 2.99. The van der Waals surface area contributed by atoms with Crippen molar-refractivity contribution in [3.05, 3.63) is 29.3 Å². The summed E-state index contributed by atoms with van der Waals surface area (Å²) >= 11 is 1.57. The summed E-state index contributed by atoms with van der Waals surface area (Å²) in [5.41, 5.74) is 0.911. The second-order valence-corrected chi connectivity index (χ2v) is 7.41. The molecule has 0 spiro atoms. The van der Waals surface area contributed by atoms with Crippen LogP contribution in [0.4, 0.5) is 18.0 Å². The molecule has 1 fully saturated rings. The van der Waals surface area contributed by atoms with Gasteiger partial charge in [-0.1, -0.05) is 12.1 Å². The number of rotatable bonds is 5. The predicted octanol–water partition coefficient (Wildman–Crippen LogP) is 4.11. The lowest BCUT2D eigenvalue weighted by Gasteiger charge is -2.25. The van der Waals surface area contributed by atoms with Gasteiger partial charge in [-0.15, -0.1) is 11.3 Å². The first-order valence-electron chi connectivity index (χ1n) is 8.40. The van der Waals surface area contributed by atoms with Gasteiger partial charge in [0.25, 0.3) is 0 Å². The Labute approximate surface area is 153 Å². The van der Waals surface area contributed by atoms with E-state index in [-0.39, 0.29) is 18.7 Å². The molecule has 1 aliphatic rings. The van der Waals surface area contributed by atoms with Crippen LogP contribution in [0.2, 0.25) is 0 Å². The molecule has 2 atom stereocenters. The number of hydrogen-bond donors (Lipinski definition) is 1. The summed E-state index contributed by atoms with van der Waals surface area (Å²) in [6, 6.07) is 6.90. The van der Waals surface area contributed by atoms with Gasteiger partial charge in [0, 0.05) is 6.54 Å². The number of aromatic nitrogens is 1. The molecule has 0 bridgehead atoms. The number of amides is 2. The number of fused-ring (bicyclic) bond motifs is 1. The van der Waals surface area contributed by atoms with E-state index < -0.39 is 18.8 Å². The number of hydrogen-bond acceptors (Lipinski definition) is 4. The number of thiazole rings is 1. The van der Waals surface area contributed by atoms with Gasteiger partial charge >= 0.3 is 12.2 Å². The van der Waals surface area contributed by atoms with Crippen molar-refractivity contribution in [3.63, 3.8) is 0 Å². The first-order chi connectivity index (χ1) is 12.3. The van der Waals surface area contributed by atoms with Gasteiger partial charge in [0.2, 0.25) is 0 Å². The minimum absolute atomic E-state index is 0.101. The van der Waals surface area contributed by atoms with Crippen LogP contribution in [-0.4, -0.2) is 47.9 Å². The van der Waals surface area contributed by atoms with Crippen molar-refractivity contribution in [1.82, 2.24) is 15.2 Å². The maximum Gasteiger partial charge on any atom is 0.411 e. The lowest BCUT2D eigenvalue weighted by Crippen LogP contribution is -2.45. The number of nitrogens with one attached hydrogen (secondary N) is 1. The van der Waals surface area contributed by atoms with Crippen LogP contribution < -0.4 is 5.32 Å². The van der Waals surface area contributed by atoms with Crippen molar-refractivity contribution in [1.29, 1.82) is 0 Å². The largest absolute Gasteiger partial charge is 0.411 e. The second kappa shape index (κ2) is 7.79. The highest BCUT2D eigenvalue weighted by Gasteiger charge is 2.33. The van der Waals surface area contributed by atoms with Crippen molar-refractivity contribution in [2.75, 3.05) is 19.8 Å². The molecule has 0 saturated carbocycles.